The summed E-state index contributed by atoms with van der Waals surface area (Å²) >= 11 is 4.81. The van der Waals surface area contributed by atoms with Crippen molar-refractivity contribution in [2.24, 2.45) is 0 Å². The van der Waals surface area contributed by atoms with Gasteiger partial charge in [0.25, 0.3) is 0 Å². The van der Waals surface area contributed by atoms with Gasteiger partial charge in [0, 0.05) is 6.61 Å². The number of hydrogen-bond acceptors (Lipinski definition) is 5. The molecule has 0 aliphatic heterocycles. The fourth-order valence-electron chi connectivity index (χ4n) is 1.13. The van der Waals surface area contributed by atoms with Crippen LogP contribution in [0.3, 0.4) is 0 Å². The van der Waals surface area contributed by atoms with Gasteiger partial charge in [-0.15, -0.1) is 11.3 Å². The number of carbonyl (C=O) groups excluding carboxylic acids is 1. The van der Waals surface area contributed by atoms with E-state index in [4.69, 9.17) is 4.74 Å². The molecule has 0 saturated carbocycles. The minimum absolute atomic E-state index is 0.0227. The first-order chi connectivity index (χ1) is 7.60. The normalized spacial score (nSPS) is 12.5. The van der Waals surface area contributed by atoms with E-state index >= 15 is 0 Å². The number of thiazole rings is 1. The first kappa shape index (κ1) is 13.6. The van der Waals surface area contributed by atoms with Gasteiger partial charge in [-0.3, -0.25) is 0 Å². The fraction of sp³-hybridized carbons (Fsp3) is 0.600. The molecule has 16 heavy (non-hydrogen) atoms. The maximum Gasteiger partial charge on any atom is 0.349 e. The van der Waals surface area contributed by atoms with Crippen molar-refractivity contribution in [3.8, 4) is 0 Å². The Bertz CT molecular complexity index is 367. The summed E-state index contributed by atoms with van der Waals surface area (Å²) in [5.41, 5.74) is 0.702. The second-order valence-corrected chi connectivity index (χ2v) is 5.22. The quantitative estimate of drug-likeness (QED) is 0.620. The number of rotatable bonds is 5. The topological polar surface area (TPSA) is 48.4 Å². The molecule has 1 heterocycles. The van der Waals surface area contributed by atoms with Crippen LogP contribution in [0.4, 0.5) is 0 Å². The molecule has 0 N–H and O–H groups in total. The van der Waals surface area contributed by atoms with E-state index < -0.39 is 0 Å². The Labute approximate surface area is 107 Å². The van der Waals surface area contributed by atoms with E-state index in [1.807, 2.05) is 6.92 Å². The molecule has 0 radical (unpaired) electrons. The summed E-state index contributed by atoms with van der Waals surface area (Å²) in [6.45, 7) is 4.94. The number of esters is 1. The van der Waals surface area contributed by atoms with Gasteiger partial charge in [-0.05, 0) is 13.8 Å². The average Bonchev–Trinajstić information content (AvgIpc) is 2.67. The molecular weight excluding hydrogens is 294 g/mol. The summed E-state index contributed by atoms with van der Waals surface area (Å²) in [5, 5.41) is 0.839. The molecule has 1 unspecified atom stereocenters. The predicted molar refractivity (Wildman–Crippen MR) is 66.4 cm³/mol. The molecule has 0 aliphatic carbocycles. The lowest BCUT2D eigenvalue weighted by Crippen LogP contribution is -2.00. The Balaban J connectivity index is 2.79. The van der Waals surface area contributed by atoms with Gasteiger partial charge < -0.3 is 9.47 Å². The maximum absolute atomic E-state index is 11.4. The summed E-state index contributed by atoms with van der Waals surface area (Å²) < 4.78 is 9.97. The van der Waals surface area contributed by atoms with Crippen molar-refractivity contribution >= 4 is 33.2 Å². The van der Waals surface area contributed by atoms with E-state index in [-0.39, 0.29) is 10.8 Å². The summed E-state index contributed by atoms with van der Waals surface area (Å²) in [7, 11) is 1.37. The molecular formula is C10H14BrNO3S. The first-order valence-corrected chi connectivity index (χ1v) is 6.60. The van der Waals surface area contributed by atoms with Gasteiger partial charge in [0.2, 0.25) is 0 Å². The fourth-order valence-corrected chi connectivity index (χ4v) is 2.64. The highest BCUT2D eigenvalue weighted by molar-refractivity contribution is 9.09. The van der Waals surface area contributed by atoms with Crippen LogP contribution in [0.2, 0.25) is 0 Å². The van der Waals surface area contributed by atoms with Gasteiger partial charge in [0.15, 0.2) is 0 Å². The molecule has 0 saturated heterocycles. The van der Waals surface area contributed by atoms with Gasteiger partial charge >= 0.3 is 5.97 Å². The van der Waals surface area contributed by atoms with Crippen molar-refractivity contribution < 1.29 is 14.3 Å². The lowest BCUT2D eigenvalue weighted by atomic mass is 10.4. The van der Waals surface area contributed by atoms with Crippen LogP contribution in [0.15, 0.2) is 0 Å². The third kappa shape index (κ3) is 3.26. The molecule has 0 bridgehead atoms. The van der Waals surface area contributed by atoms with Crippen LogP contribution >= 0.6 is 27.3 Å². The Morgan fingerprint density at radius 1 is 1.62 bits per heavy atom. The highest BCUT2D eigenvalue weighted by atomic mass is 79.9. The minimum Gasteiger partial charge on any atom is -0.465 e. The lowest BCUT2D eigenvalue weighted by Gasteiger charge is -2.05. The van der Waals surface area contributed by atoms with Crippen LogP contribution < -0.4 is 0 Å². The Morgan fingerprint density at radius 2 is 2.31 bits per heavy atom. The molecule has 0 aliphatic rings. The smallest absolute Gasteiger partial charge is 0.349 e. The summed E-state index contributed by atoms with van der Waals surface area (Å²) in [4.78, 5) is 16.3. The second kappa shape index (κ2) is 6.32. The highest BCUT2D eigenvalue weighted by Gasteiger charge is 2.19. The molecule has 0 spiro atoms. The molecule has 0 amide bonds. The first-order valence-electron chi connectivity index (χ1n) is 4.87. The van der Waals surface area contributed by atoms with Crippen LogP contribution in [0, 0.1) is 6.92 Å². The Kier molecular flexibility index (Phi) is 5.37. The van der Waals surface area contributed by atoms with Crippen molar-refractivity contribution in [3.05, 3.63) is 15.6 Å². The van der Waals surface area contributed by atoms with Gasteiger partial charge in [0.1, 0.15) is 9.88 Å². The molecule has 1 rings (SSSR count). The molecule has 1 aromatic rings. The van der Waals surface area contributed by atoms with E-state index in [0.717, 1.165) is 5.01 Å². The molecule has 4 nitrogen and oxygen atoms in total. The van der Waals surface area contributed by atoms with E-state index in [1.54, 1.807) is 6.92 Å². The maximum atomic E-state index is 11.4. The van der Waals surface area contributed by atoms with E-state index in [1.165, 1.54) is 18.4 Å². The minimum atomic E-state index is -0.336. The zero-order valence-corrected chi connectivity index (χ0v) is 11.9. The molecule has 0 aromatic carbocycles. The number of carbonyl (C=O) groups is 1. The zero-order valence-electron chi connectivity index (χ0n) is 9.45. The van der Waals surface area contributed by atoms with Crippen molar-refractivity contribution in [2.75, 3.05) is 20.3 Å². The number of ether oxygens (including phenoxy) is 2. The number of alkyl halides is 1. The SMILES string of the molecule is CCOCC(Br)c1nc(C)c(C(=O)OC)s1. The number of nitrogens with zero attached hydrogens (tertiary/aromatic N) is 1. The molecule has 6 heteroatoms. The monoisotopic (exact) mass is 307 g/mol. The third-order valence-electron chi connectivity index (χ3n) is 1.92. The van der Waals surface area contributed by atoms with Crippen LogP contribution in [0.25, 0.3) is 0 Å². The average molecular weight is 308 g/mol. The number of hydrogen-bond donors (Lipinski definition) is 0. The number of aromatic nitrogens is 1. The number of methoxy groups -OCH3 is 1. The van der Waals surface area contributed by atoms with Gasteiger partial charge in [-0.2, -0.15) is 0 Å². The summed E-state index contributed by atoms with van der Waals surface area (Å²) in [6, 6.07) is 0. The highest BCUT2D eigenvalue weighted by Crippen LogP contribution is 2.29. The van der Waals surface area contributed by atoms with E-state index in [2.05, 4.69) is 25.7 Å². The Morgan fingerprint density at radius 3 is 2.88 bits per heavy atom. The van der Waals surface area contributed by atoms with Crippen LogP contribution in [0.5, 0.6) is 0 Å². The standard InChI is InChI=1S/C10H14BrNO3S/c1-4-15-5-7(11)9-12-6(2)8(16-9)10(13)14-3/h7H,4-5H2,1-3H3. The largest absolute Gasteiger partial charge is 0.465 e. The summed E-state index contributed by atoms with van der Waals surface area (Å²) in [5.74, 6) is -0.336. The third-order valence-corrected chi connectivity index (χ3v) is 4.17. The van der Waals surface area contributed by atoms with E-state index in [9.17, 15) is 4.79 Å². The van der Waals surface area contributed by atoms with Crippen molar-refractivity contribution in [1.29, 1.82) is 0 Å². The zero-order chi connectivity index (χ0) is 12.1. The van der Waals surface area contributed by atoms with Gasteiger partial charge in [-0.25, -0.2) is 9.78 Å². The van der Waals surface area contributed by atoms with Crippen molar-refractivity contribution in [1.82, 2.24) is 4.98 Å². The van der Waals surface area contributed by atoms with Crippen LogP contribution in [-0.2, 0) is 9.47 Å². The molecule has 0 fully saturated rings. The van der Waals surface area contributed by atoms with Crippen LogP contribution in [-0.4, -0.2) is 31.3 Å². The number of halogens is 1. The lowest BCUT2D eigenvalue weighted by molar-refractivity contribution is 0.0605. The van der Waals surface area contributed by atoms with Gasteiger partial charge in [0.05, 0.1) is 24.2 Å². The molecule has 1 aromatic heterocycles. The predicted octanol–water partition coefficient (Wildman–Crippen LogP) is 2.71. The van der Waals surface area contributed by atoms with Crippen LogP contribution in [0.1, 0.15) is 32.1 Å². The van der Waals surface area contributed by atoms with Crippen molar-refractivity contribution in [2.45, 2.75) is 18.7 Å². The molecule has 90 valence electrons. The molecule has 1 atom stereocenters. The van der Waals surface area contributed by atoms with Gasteiger partial charge in [-0.1, -0.05) is 15.9 Å². The summed E-state index contributed by atoms with van der Waals surface area (Å²) in [6.07, 6.45) is 0. The van der Waals surface area contributed by atoms with E-state index in [0.29, 0.717) is 23.8 Å². The number of aryl methyl sites for hydroxylation is 1. The Hall–Kier alpha value is -0.460. The second-order valence-electron chi connectivity index (χ2n) is 3.09. The van der Waals surface area contributed by atoms with Crippen molar-refractivity contribution in [3.63, 3.8) is 0 Å².